The summed E-state index contributed by atoms with van der Waals surface area (Å²) < 4.78 is 12.9. The molecule has 1 heterocycles. The number of halogens is 2. The van der Waals surface area contributed by atoms with Gasteiger partial charge in [-0.3, -0.25) is 4.79 Å². The van der Waals surface area contributed by atoms with Gasteiger partial charge in [-0.25, -0.2) is 4.39 Å². The Kier molecular flexibility index (Phi) is 4.69. The van der Waals surface area contributed by atoms with E-state index in [2.05, 4.69) is 0 Å². The molecule has 1 amide bonds. The Labute approximate surface area is 138 Å². The van der Waals surface area contributed by atoms with Crippen LogP contribution in [0.2, 0.25) is 5.02 Å². The van der Waals surface area contributed by atoms with Crippen LogP contribution in [0.3, 0.4) is 0 Å². The van der Waals surface area contributed by atoms with Crippen molar-refractivity contribution in [3.63, 3.8) is 0 Å². The molecule has 0 aromatic heterocycles. The zero-order valence-electron chi connectivity index (χ0n) is 11.8. The molecule has 0 N–H and O–H groups in total. The highest BCUT2D eigenvalue weighted by atomic mass is 35.5. The number of nitrogens with zero attached hydrogens (tertiary/aromatic N) is 1. The number of rotatable bonds is 3. The average molecular weight is 336 g/mol. The second kappa shape index (κ2) is 6.71. The van der Waals surface area contributed by atoms with Crippen molar-refractivity contribution in [1.82, 2.24) is 4.90 Å². The highest BCUT2D eigenvalue weighted by molar-refractivity contribution is 7.99. The SMILES string of the molecule is O=C(Cc1ccc(F)cc1)N1CCSC1c1cccc(Cl)c1. The summed E-state index contributed by atoms with van der Waals surface area (Å²) in [5.41, 5.74) is 1.87. The molecule has 114 valence electrons. The van der Waals surface area contributed by atoms with Gasteiger partial charge in [0, 0.05) is 17.3 Å². The van der Waals surface area contributed by atoms with Crippen LogP contribution < -0.4 is 0 Å². The molecule has 1 saturated heterocycles. The van der Waals surface area contributed by atoms with Crippen molar-refractivity contribution in [3.05, 3.63) is 70.5 Å². The first-order valence-electron chi connectivity index (χ1n) is 7.04. The fraction of sp³-hybridized carbons (Fsp3) is 0.235. The van der Waals surface area contributed by atoms with E-state index in [1.807, 2.05) is 29.2 Å². The molecule has 1 aliphatic rings. The number of carbonyl (C=O) groups is 1. The number of amides is 1. The zero-order valence-corrected chi connectivity index (χ0v) is 13.4. The normalized spacial score (nSPS) is 17.7. The summed E-state index contributed by atoms with van der Waals surface area (Å²) in [6.07, 6.45) is 0.290. The maximum atomic E-state index is 12.9. The van der Waals surface area contributed by atoms with E-state index in [9.17, 15) is 9.18 Å². The van der Waals surface area contributed by atoms with Gasteiger partial charge >= 0.3 is 0 Å². The Balaban J connectivity index is 1.75. The highest BCUT2D eigenvalue weighted by Gasteiger charge is 2.30. The van der Waals surface area contributed by atoms with Gasteiger partial charge in [0.1, 0.15) is 11.2 Å². The lowest BCUT2D eigenvalue weighted by Gasteiger charge is -2.24. The lowest BCUT2D eigenvalue weighted by atomic mass is 10.1. The first kappa shape index (κ1) is 15.4. The van der Waals surface area contributed by atoms with E-state index >= 15 is 0 Å². The third kappa shape index (κ3) is 3.45. The van der Waals surface area contributed by atoms with Crippen LogP contribution in [0.1, 0.15) is 16.5 Å². The van der Waals surface area contributed by atoms with E-state index in [4.69, 9.17) is 11.6 Å². The molecule has 1 unspecified atom stereocenters. The maximum absolute atomic E-state index is 12.9. The fourth-order valence-corrected chi connectivity index (χ4v) is 4.01. The number of carbonyl (C=O) groups excluding carboxylic acids is 1. The predicted octanol–water partition coefficient (Wildman–Crippen LogP) is 4.30. The molecule has 0 bridgehead atoms. The minimum atomic E-state index is -0.287. The Hall–Kier alpha value is -1.52. The van der Waals surface area contributed by atoms with Crippen LogP contribution in [0.5, 0.6) is 0 Å². The summed E-state index contributed by atoms with van der Waals surface area (Å²) in [5, 5.41) is 0.683. The second-order valence-electron chi connectivity index (χ2n) is 5.17. The summed E-state index contributed by atoms with van der Waals surface area (Å²) in [4.78, 5) is 14.4. The van der Waals surface area contributed by atoms with E-state index < -0.39 is 0 Å². The molecular formula is C17H15ClFNOS. The third-order valence-electron chi connectivity index (χ3n) is 3.61. The van der Waals surface area contributed by atoms with Crippen LogP contribution in [-0.4, -0.2) is 23.1 Å². The molecule has 0 radical (unpaired) electrons. The van der Waals surface area contributed by atoms with Gasteiger partial charge in [0.05, 0.1) is 6.42 Å². The first-order valence-corrected chi connectivity index (χ1v) is 8.47. The van der Waals surface area contributed by atoms with Crippen LogP contribution in [-0.2, 0) is 11.2 Å². The molecule has 3 rings (SSSR count). The first-order chi connectivity index (χ1) is 10.6. The highest BCUT2D eigenvalue weighted by Crippen LogP contribution is 2.38. The number of hydrogen-bond acceptors (Lipinski definition) is 2. The van der Waals surface area contributed by atoms with Gasteiger partial charge in [0.2, 0.25) is 5.91 Å². The van der Waals surface area contributed by atoms with Gasteiger partial charge in [-0.05, 0) is 35.4 Å². The van der Waals surface area contributed by atoms with E-state index in [1.165, 1.54) is 12.1 Å². The molecule has 0 spiro atoms. The molecule has 0 saturated carbocycles. The molecular weight excluding hydrogens is 321 g/mol. The van der Waals surface area contributed by atoms with Crippen molar-refractivity contribution >= 4 is 29.3 Å². The smallest absolute Gasteiger partial charge is 0.228 e. The van der Waals surface area contributed by atoms with Crippen molar-refractivity contribution < 1.29 is 9.18 Å². The van der Waals surface area contributed by atoms with E-state index in [0.717, 1.165) is 23.4 Å². The molecule has 1 fully saturated rings. The largest absolute Gasteiger partial charge is 0.325 e. The standard InChI is InChI=1S/C17H15ClFNOS/c18-14-3-1-2-13(11-14)17-20(8-9-22-17)16(21)10-12-4-6-15(19)7-5-12/h1-7,11,17H,8-10H2. The zero-order chi connectivity index (χ0) is 15.5. The second-order valence-corrected chi connectivity index (χ2v) is 6.79. The van der Waals surface area contributed by atoms with E-state index in [0.29, 0.717) is 5.02 Å². The van der Waals surface area contributed by atoms with Gasteiger partial charge in [0.15, 0.2) is 0 Å². The molecule has 2 aromatic rings. The van der Waals surface area contributed by atoms with Gasteiger partial charge in [-0.15, -0.1) is 11.8 Å². The molecule has 5 heteroatoms. The topological polar surface area (TPSA) is 20.3 Å². The van der Waals surface area contributed by atoms with Crippen LogP contribution in [0.4, 0.5) is 4.39 Å². The summed E-state index contributed by atoms with van der Waals surface area (Å²) in [7, 11) is 0. The third-order valence-corrected chi connectivity index (χ3v) is 5.11. The Morgan fingerprint density at radius 2 is 2.05 bits per heavy atom. The van der Waals surface area contributed by atoms with Crippen molar-refractivity contribution in [3.8, 4) is 0 Å². The van der Waals surface area contributed by atoms with Crippen molar-refractivity contribution in [2.75, 3.05) is 12.3 Å². The predicted molar refractivity (Wildman–Crippen MR) is 88.5 cm³/mol. The Morgan fingerprint density at radius 3 is 2.77 bits per heavy atom. The number of thioether (sulfide) groups is 1. The monoisotopic (exact) mass is 335 g/mol. The van der Waals surface area contributed by atoms with Gasteiger partial charge in [0.25, 0.3) is 0 Å². The van der Waals surface area contributed by atoms with Crippen molar-refractivity contribution in [2.24, 2.45) is 0 Å². The minimum absolute atomic E-state index is 0.00616. The molecule has 2 nitrogen and oxygen atoms in total. The lowest BCUT2D eigenvalue weighted by molar-refractivity contribution is -0.130. The Bertz CT molecular complexity index is 677. The van der Waals surface area contributed by atoms with Crippen LogP contribution in [0.15, 0.2) is 48.5 Å². The molecule has 2 aromatic carbocycles. The summed E-state index contributed by atoms with van der Waals surface area (Å²) >= 11 is 7.79. The van der Waals surface area contributed by atoms with E-state index in [1.54, 1.807) is 23.9 Å². The van der Waals surface area contributed by atoms with Crippen molar-refractivity contribution in [2.45, 2.75) is 11.8 Å². The summed E-state index contributed by atoms with van der Waals surface area (Å²) in [6, 6.07) is 13.7. The number of hydrogen-bond donors (Lipinski definition) is 0. The van der Waals surface area contributed by atoms with Crippen LogP contribution in [0, 0.1) is 5.82 Å². The fourth-order valence-electron chi connectivity index (χ4n) is 2.54. The average Bonchev–Trinajstić information content (AvgIpc) is 2.99. The maximum Gasteiger partial charge on any atom is 0.228 e. The number of benzene rings is 2. The minimum Gasteiger partial charge on any atom is -0.325 e. The lowest BCUT2D eigenvalue weighted by Crippen LogP contribution is -2.31. The van der Waals surface area contributed by atoms with Gasteiger partial charge in [-0.1, -0.05) is 35.9 Å². The van der Waals surface area contributed by atoms with Gasteiger partial charge < -0.3 is 4.90 Å². The van der Waals surface area contributed by atoms with Crippen molar-refractivity contribution in [1.29, 1.82) is 0 Å². The summed E-state index contributed by atoms with van der Waals surface area (Å²) in [6.45, 7) is 0.724. The molecule has 0 aliphatic carbocycles. The quantitative estimate of drug-likeness (QED) is 0.833. The van der Waals surface area contributed by atoms with Gasteiger partial charge in [-0.2, -0.15) is 0 Å². The van der Waals surface area contributed by atoms with Crippen LogP contribution in [0.25, 0.3) is 0 Å². The molecule has 1 aliphatic heterocycles. The van der Waals surface area contributed by atoms with E-state index in [-0.39, 0.29) is 23.5 Å². The Morgan fingerprint density at radius 1 is 1.27 bits per heavy atom. The van der Waals surface area contributed by atoms with Crippen LogP contribution >= 0.6 is 23.4 Å². The molecule has 22 heavy (non-hydrogen) atoms. The summed E-state index contributed by atoms with van der Waals surface area (Å²) in [5.74, 6) is 0.679. The molecule has 1 atom stereocenters.